The number of esters is 2. The number of carbonyl (C=O) groups is 2. The minimum atomic E-state index is -0.439. The second-order valence-corrected chi connectivity index (χ2v) is 5.81. The van der Waals surface area contributed by atoms with Gasteiger partial charge in [0.15, 0.2) is 0 Å². The van der Waals surface area contributed by atoms with Crippen LogP contribution in [0.15, 0.2) is 0 Å². The van der Waals surface area contributed by atoms with Crippen LogP contribution in [0.1, 0.15) is 67.2 Å². The fraction of sp³-hybridized carbons (Fsp3) is 0.875. The van der Waals surface area contributed by atoms with Crippen molar-refractivity contribution in [2.24, 2.45) is 10.8 Å². The largest absolute Gasteiger partial charge is 0.462 e. The molecule has 4 nitrogen and oxygen atoms in total. The molecule has 118 valence electrons. The summed E-state index contributed by atoms with van der Waals surface area (Å²) in [5.41, 5.74) is -0.878. The summed E-state index contributed by atoms with van der Waals surface area (Å²) in [5.74, 6) is -0.431. The average molecular weight is 286 g/mol. The van der Waals surface area contributed by atoms with Crippen molar-refractivity contribution >= 4 is 11.9 Å². The molecular weight excluding hydrogens is 256 g/mol. The molecule has 0 aromatic heterocycles. The third-order valence-electron chi connectivity index (χ3n) is 4.66. The van der Waals surface area contributed by atoms with Crippen molar-refractivity contribution in [3.8, 4) is 0 Å². The topological polar surface area (TPSA) is 52.6 Å². The molecule has 0 radical (unpaired) electrons. The first-order chi connectivity index (χ1) is 9.29. The SMILES string of the molecule is CCC(C)(CC)C(=O)OCCOC(=O)C(C)(CC)CC. The maximum atomic E-state index is 11.9. The lowest BCUT2D eigenvalue weighted by Crippen LogP contribution is -2.32. The zero-order valence-corrected chi connectivity index (χ0v) is 13.9. The summed E-state index contributed by atoms with van der Waals surface area (Å²) in [6, 6.07) is 0. The van der Waals surface area contributed by atoms with Gasteiger partial charge in [-0.2, -0.15) is 0 Å². The second kappa shape index (κ2) is 8.28. The van der Waals surface area contributed by atoms with E-state index in [9.17, 15) is 9.59 Å². The van der Waals surface area contributed by atoms with Gasteiger partial charge in [-0.3, -0.25) is 9.59 Å². The maximum Gasteiger partial charge on any atom is 0.311 e. The number of hydrogen-bond donors (Lipinski definition) is 0. The van der Waals surface area contributed by atoms with E-state index in [4.69, 9.17) is 9.47 Å². The molecule has 0 rings (SSSR count). The fourth-order valence-corrected chi connectivity index (χ4v) is 1.69. The van der Waals surface area contributed by atoms with E-state index in [1.807, 2.05) is 41.5 Å². The Kier molecular flexibility index (Phi) is 7.84. The standard InChI is InChI=1S/C16H30O4/c1-7-15(5,8-2)13(17)19-11-12-20-14(18)16(6,9-3)10-4/h7-12H2,1-6H3. The number of ether oxygens (including phenoxy) is 2. The van der Waals surface area contributed by atoms with E-state index in [2.05, 4.69) is 0 Å². The van der Waals surface area contributed by atoms with Gasteiger partial charge in [-0.25, -0.2) is 0 Å². The molecule has 0 heterocycles. The highest BCUT2D eigenvalue weighted by Gasteiger charge is 2.32. The first kappa shape index (κ1) is 18.9. The predicted octanol–water partition coefficient (Wildman–Crippen LogP) is 3.73. The van der Waals surface area contributed by atoms with Crippen molar-refractivity contribution in [3.05, 3.63) is 0 Å². The molecule has 0 saturated heterocycles. The molecule has 0 unspecified atom stereocenters. The molecule has 0 aliphatic rings. The average Bonchev–Trinajstić information content (AvgIpc) is 2.49. The highest BCUT2D eigenvalue weighted by Crippen LogP contribution is 2.28. The normalized spacial score (nSPS) is 12.1. The van der Waals surface area contributed by atoms with Crippen LogP contribution in [0, 0.1) is 10.8 Å². The summed E-state index contributed by atoms with van der Waals surface area (Å²) in [4.78, 5) is 23.8. The molecule has 0 saturated carbocycles. The first-order valence-electron chi connectivity index (χ1n) is 7.64. The second-order valence-electron chi connectivity index (χ2n) is 5.81. The molecule has 4 heteroatoms. The van der Waals surface area contributed by atoms with Gasteiger partial charge in [-0.1, -0.05) is 27.7 Å². The van der Waals surface area contributed by atoms with Crippen LogP contribution < -0.4 is 0 Å². The zero-order valence-electron chi connectivity index (χ0n) is 13.9. The summed E-state index contributed by atoms with van der Waals surface area (Å²) >= 11 is 0. The smallest absolute Gasteiger partial charge is 0.311 e. The van der Waals surface area contributed by atoms with E-state index in [1.165, 1.54) is 0 Å². The maximum absolute atomic E-state index is 11.9. The van der Waals surface area contributed by atoms with Crippen molar-refractivity contribution < 1.29 is 19.1 Å². The summed E-state index contributed by atoms with van der Waals surface area (Å²) < 4.78 is 10.4. The van der Waals surface area contributed by atoms with Crippen molar-refractivity contribution in [1.29, 1.82) is 0 Å². The van der Waals surface area contributed by atoms with Gasteiger partial charge in [0.25, 0.3) is 0 Å². The van der Waals surface area contributed by atoms with Gasteiger partial charge in [0.05, 0.1) is 10.8 Å². The molecule has 0 aromatic rings. The van der Waals surface area contributed by atoms with Gasteiger partial charge < -0.3 is 9.47 Å². The molecule has 0 spiro atoms. The molecule has 0 aromatic carbocycles. The van der Waals surface area contributed by atoms with Gasteiger partial charge in [0, 0.05) is 0 Å². The summed E-state index contributed by atoms with van der Waals surface area (Å²) in [5, 5.41) is 0. The Hall–Kier alpha value is -1.06. The molecule has 0 fully saturated rings. The Bertz CT molecular complexity index is 282. The quantitative estimate of drug-likeness (QED) is 0.479. The molecule has 0 bridgehead atoms. The van der Waals surface area contributed by atoms with Gasteiger partial charge >= 0.3 is 11.9 Å². The van der Waals surface area contributed by atoms with Crippen LogP contribution in [-0.4, -0.2) is 25.2 Å². The van der Waals surface area contributed by atoms with Crippen LogP contribution in [0.2, 0.25) is 0 Å². The summed E-state index contributed by atoms with van der Waals surface area (Å²) in [7, 11) is 0. The highest BCUT2D eigenvalue weighted by atomic mass is 16.6. The number of carbonyl (C=O) groups excluding carboxylic acids is 2. The fourth-order valence-electron chi connectivity index (χ4n) is 1.69. The summed E-state index contributed by atoms with van der Waals surface area (Å²) in [6.45, 7) is 11.9. The molecular formula is C16H30O4. The lowest BCUT2D eigenvalue weighted by atomic mass is 9.85. The van der Waals surface area contributed by atoms with Crippen LogP contribution in [0.5, 0.6) is 0 Å². The molecule has 0 N–H and O–H groups in total. The lowest BCUT2D eigenvalue weighted by molar-refractivity contribution is -0.164. The van der Waals surface area contributed by atoms with Crippen LogP contribution in [0.4, 0.5) is 0 Å². The van der Waals surface area contributed by atoms with Crippen molar-refractivity contribution in [2.75, 3.05) is 13.2 Å². The molecule has 20 heavy (non-hydrogen) atoms. The minimum Gasteiger partial charge on any atom is -0.462 e. The Morgan fingerprint density at radius 2 is 0.950 bits per heavy atom. The monoisotopic (exact) mass is 286 g/mol. The van der Waals surface area contributed by atoms with E-state index in [0.717, 1.165) is 25.7 Å². The van der Waals surface area contributed by atoms with E-state index >= 15 is 0 Å². The van der Waals surface area contributed by atoms with E-state index in [0.29, 0.717) is 0 Å². The van der Waals surface area contributed by atoms with Crippen molar-refractivity contribution in [3.63, 3.8) is 0 Å². The third kappa shape index (κ3) is 4.80. The van der Waals surface area contributed by atoms with Crippen LogP contribution >= 0.6 is 0 Å². The van der Waals surface area contributed by atoms with Crippen LogP contribution in [-0.2, 0) is 19.1 Å². The van der Waals surface area contributed by atoms with Gasteiger partial charge in [-0.05, 0) is 39.5 Å². The highest BCUT2D eigenvalue weighted by molar-refractivity contribution is 5.77. The molecule has 0 aliphatic carbocycles. The minimum absolute atomic E-state index is 0.129. The third-order valence-corrected chi connectivity index (χ3v) is 4.66. The van der Waals surface area contributed by atoms with E-state index in [1.54, 1.807) is 0 Å². The van der Waals surface area contributed by atoms with Crippen molar-refractivity contribution in [1.82, 2.24) is 0 Å². The van der Waals surface area contributed by atoms with Crippen LogP contribution in [0.25, 0.3) is 0 Å². The van der Waals surface area contributed by atoms with Gasteiger partial charge in [0.1, 0.15) is 13.2 Å². The Labute approximate surface area is 123 Å². The van der Waals surface area contributed by atoms with Gasteiger partial charge in [-0.15, -0.1) is 0 Å². The Morgan fingerprint density at radius 3 is 1.15 bits per heavy atom. The number of rotatable bonds is 9. The van der Waals surface area contributed by atoms with E-state index in [-0.39, 0.29) is 25.2 Å². The first-order valence-corrected chi connectivity index (χ1v) is 7.64. The van der Waals surface area contributed by atoms with E-state index < -0.39 is 10.8 Å². The van der Waals surface area contributed by atoms with Crippen LogP contribution in [0.3, 0.4) is 0 Å². The zero-order chi connectivity index (χ0) is 15.8. The Morgan fingerprint density at radius 1 is 0.700 bits per heavy atom. The molecule has 0 atom stereocenters. The predicted molar refractivity (Wildman–Crippen MR) is 79.3 cm³/mol. The molecule has 0 aliphatic heterocycles. The number of hydrogen-bond acceptors (Lipinski definition) is 4. The van der Waals surface area contributed by atoms with Crippen molar-refractivity contribution in [2.45, 2.75) is 67.2 Å². The Balaban J connectivity index is 4.16. The molecule has 0 amide bonds. The lowest BCUT2D eigenvalue weighted by Gasteiger charge is -2.25. The summed E-state index contributed by atoms with van der Waals surface area (Å²) in [6.07, 6.45) is 2.97. The van der Waals surface area contributed by atoms with Gasteiger partial charge in [0.2, 0.25) is 0 Å².